The Morgan fingerprint density at radius 2 is 1.86 bits per heavy atom. The highest BCUT2D eigenvalue weighted by Gasteiger charge is 2.44. The predicted octanol–water partition coefficient (Wildman–Crippen LogP) is 1.96. The van der Waals surface area contributed by atoms with Crippen molar-refractivity contribution in [1.29, 1.82) is 0 Å². The Balaban J connectivity index is 1.39. The third-order valence-corrected chi connectivity index (χ3v) is 6.75. The molecule has 1 atom stereocenters. The molecule has 2 aromatic heterocycles. The highest BCUT2D eigenvalue weighted by molar-refractivity contribution is 7.09. The lowest BCUT2D eigenvalue weighted by molar-refractivity contribution is 0.247. The summed E-state index contributed by atoms with van der Waals surface area (Å²) in [7, 11) is 0. The highest BCUT2D eigenvalue weighted by Crippen LogP contribution is 2.39. The summed E-state index contributed by atoms with van der Waals surface area (Å²) in [5, 5.41) is 6.69. The van der Waals surface area contributed by atoms with Gasteiger partial charge in [-0.15, -0.1) is 11.3 Å². The molecule has 6 nitrogen and oxygen atoms in total. The first-order valence-electron chi connectivity index (χ1n) is 9.61. The van der Waals surface area contributed by atoms with Crippen LogP contribution in [-0.4, -0.2) is 32.3 Å². The molecule has 1 aromatic carbocycles. The first kappa shape index (κ1) is 17.6. The standard InChI is InChI=1S/C21H22N4O2S/c26-19-20(27)25(12-16-5-2-1-3-6-16)22-18-11-21(15-24(18)19)8-9-23(14-21)13-17-7-4-10-28-17/h1-7,10H,8-9,11-15H2/t21-/m1/s1. The van der Waals surface area contributed by atoms with Crippen LogP contribution in [0.1, 0.15) is 22.7 Å². The van der Waals surface area contributed by atoms with Gasteiger partial charge in [-0.3, -0.25) is 19.1 Å². The third-order valence-electron chi connectivity index (χ3n) is 5.89. The molecule has 2 aliphatic rings. The summed E-state index contributed by atoms with van der Waals surface area (Å²) in [4.78, 5) is 29.1. The molecule has 4 heterocycles. The first-order valence-corrected chi connectivity index (χ1v) is 10.5. The average Bonchev–Trinajstić information content (AvgIpc) is 3.42. The van der Waals surface area contributed by atoms with E-state index in [-0.39, 0.29) is 5.41 Å². The molecule has 5 rings (SSSR count). The van der Waals surface area contributed by atoms with Gasteiger partial charge in [0.2, 0.25) is 0 Å². The zero-order chi connectivity index (χ0) is 19.1. The number of nitrogens with zero attached hydrogens (tertiary/aromatic N) is 4. The summed E-state index contributed by atoms with van der Waals surface area (Å²) in [6, 6.07) is 13.9. The van der Waals surface area contributed by atoms with Crippen LogP contribution in [0.3, 0.4) is 0 Å². The largest absolute Gasteiger partial charge is 0.332 e. The minimum atomic E-state index is -0.530. The molecule has 0 unspecified atom stereocenters. The molecule has 3 aromatic rings. The van der Waals surface area contributed by atoms with E-state index < -0.39 is 11.1 Å². The molecule has 1 saturated heterocycles. The van der Waals surface area contributed by atoms with Crippen molar-refractivity contribution >= 4 is 11.3 Å². The topological polar surface area (TPSA) is 60.1 Å². The van der Waals surface area contributed by atoms with Crippen LogP contribution >= 0.6 is 11.3 Å². The quantitative estimate of drug-likeness (QED) is 0.635. The van der Waals surface area contributed by atoms with Crippen LogP contribution in [0.15, 0.2) is 57.4 Å². The first-order chi connectivity index (χ1) is 13.6. The third kappa shape index (κ3) is 3.14. The van der Waals surface area contributed by atoms with E-state index in [4.69, 9.17) is 0 Å². The Bertz CT molecular complexity index is 1100. The van der Waals surface area contributed by atoms with Crippen molar-refractivity contribution in [3.8, 4) is 0 Å². The van der Waals surface area contributed by atoms with Crippen molar-refractivity contribution in [2.75, 3.05) is 13.1 Å². The molecule has 0 aliphatic carbocycles. The smallest absolute Gasteiger partial charge is 0.298 e. The second kappa shape index (κ2) is 6.83. The molecular weight excluding hydrogens is 372 g/mol. The van der Waals surface area contributed by atoms with E-state index >= 15 is 0 Å². The summed E-state index contributed by atoms with van der Waals surface area (Å²) in [6.07, 6.45) is 1.80. The summed E-state index contributed by atoms with van der Waals surface area (Å²) in [6.45, 7) is 3.87. The molecule has 0 bridgehead atoms. The van der Waals surface area contributed by atoms with E-state index in [1.54, 1.807) is 15.9 Å². The van der Waals surface area contributed by atoms with Gasteiger partial charge < -0.3 is 0 Å². The minimum Gasteiger partial charge on any atom is -0.298 e. The van der Waals surface area contributed by atoms with E-state index in [0.29, 0.717) is 13.1 Å². The Labute approximate surface area is 166 Å². The van der Waals surface area contributed by atoms with E-state index in [1.165, 1.54) is 9.56 Å². The lowest BCUT2D eigenvalue weighted by Gasteiger charge is -2.22. The number of rotatable bonds is 4. The summed E-state index contributed by atoms with van der Waals surface area (Å²) < 4.78 is 2.96. The minimum absolute atomic E-state index is 0.0226. The van der Waals surface area contributed by atoms with Crippen LogP contribution in [0.5, 0.6) is 0 Å². The Kier molecular flexibility index (Phi) is 4.29. The Hall–Kier alpha value is -2.51. The van der Waals surface area contributed by atoms with Crippen LogP contribution in [0, 0.1) is 5.41 Å². The van der Waals surface area contributed by atoms with Gasteiger partial charge in [0.15, 0.2) is 0 Å². The number of thiophene rings is 1. The number of benzene rings is 1. The maximum Gasteiger partial charge on any atom is 0.332 e. The Morgan fingerprint density at radius 1 is 1.00 bits per heavy atom. The second-order valence-corrected chi connectivity index (χ2v) is 9.00. The molecule has 28 heavy (non-hydrogen) atoms. The fourth-order valence-electron chi connectivity index (χ4n) is 4.52. The highest BCUT2D eigenvalue weighted by atomic mass is 32.1. The van der Waals surface area contributed by atoms with Gasteiger partial charge in [0.25, 0.3) is 0 Å². The van der Waals surface area contributed by atoms with Gasteiger partial charge in [0.1, 0.15) is 5.82 Å². The van der Waals surface area contributed by atoms with Gasteiger partial charge in [-0.1, -0.05) is 36.4 Å². The van der Waals surface area contributed by atoms with Crippen LogP contribution < -0.4 is 11.1 Å². The van der Waals surface area contributed by atoms with E-state index in [2.05, 4.69) is 27.5 Å². The molecule has 1 fully saturated rings. The van der Waals surface area contributed by atoms with Crippen molar-refractivity contribution in [2.24, 2.45) is 5.41 Å². The normalized spacial score (nSPS) is 21.4. The van der Waals surface area contributed by atoms with Gasteiger partial charge in [-0.2, -0.15) is 5.10 Å². The number of likely N-dealkylation sites (tertiary alicyclic amines) is 1. The number of hydrogen-bond donors (Lipinski definition) is 0. The van der Waals surface area contributed by atoms with Crippen molar-refractivity contribution in [3.05, 3.63) is 84.8 Å². The molecule has 144 valence electrons. The fraction of sp³-hybridized carbons (Fsp3) is 0.381. The SMILES string of the molecule is O=c1c(=O)n2c(nn1Cc1ccccc1)C[C@@]1(CCN(Cc3cccs3)C1)C2. The van der Waals surface area contributed by atoms with Gasteiger partial charge in [0, 0.05) is 36.3 Å². The van der Waals surface area contributed by atoms with Crippen LogP contribution in [0.2, 0.25) is 0 Å². The average molecular weight is 395 g/mol. The van der Waals surface area contributed by atoms with Crippen LogP contribution in [0.4, 0.5) is 0 Å². The second-order valence-electron chi connectivity index (χ2n) is 7.97. The molecule has 0 N–H and O–H groups in total. The van der Waals surface area contributed by atoms with Gasteiger partial charge in [-0.05, 0) is 30.0 Å². The predicted molar refractivity (Wildman–Crippen MR) is 109 cm³/mol. The monoisotopic (exact) mass is 394 g/mol. The fourth-order valence-corrected chi connectivity index (χ4v) is 5.27. The number of aromatic nitrogens is 3. The lowest BCUT2D eigenvalue weighted by Crippen LogP contribution is -2.43. The van der Waals surface area contributed by atoms with Crippen molar-refractivity contribution < 1.29 is 0 Å². The van der Waals surface area contributed by atoms with E-state index in [0.717, 1.165) is 43.9 Å². The molecule has 1 spiro atoms. The summed E-state index contributed by atoms with van der Waals surface area (Å²) in [5.74, 6) is 0.749. The molecule has 0 saturated carbocycles. The summed E-state index contributed by atoms with van der Waals surface area (Å²) >= 11 is 1.78. The van der Waals surface area contributed by atoms with Crippen molar-refractivity contribution in [1.82, 2.24) is 19.2 Å². The van der Waals surface area contributed by atoms with Crippen LogP contribution in [0.25, 0.3) is 0 Å². The van der Waals surface area contributed by atoms with Gasteiger partial charge >= 0.3 is 11.1 Å². The molecule has 7 heteroatoms. The molecular formula is C21H22N4O2S. The van der Waals surface area contributed by atoms with Crippen molar-refractivity contribution in [3.63, 3.8) is 0 Å². The molecule has 2 aliphatic heterocycles. The van der Waals surface area contributed by atoms with Gasteiger partial charge in [0.05, 0.1) is 6.54 Å². The number of hydrogen-bond acceptors (Lipinski definition) is 5. The zero-order valence-electron chi connectivity index (χ0n) is 15.6. The van der Waals surface area contributed by atoms with E-state index in [1.807, 2.05) is 30.3 Å². The van der Waals surface area contributed by atoms with Crippen LogP contribution in [-0.2, 0) is 26.1 Å². The van der Waals surface area contributed by atoms with E-state index in [9.17, 15) is 9.59 Å². The van der Waals surface area contributed by atoms with Crippen molar-refractivity contribution in [2.45, 2.75) is 32.5 Å². The number of fused-ring (bicyclic) bond motifs is 1. The molecule has 0 radical (unpaired) electrons. The molecule has 0 amide bonds. The van der Waals surface area contributed by atoms with Gasteiger partial charge in [-0.25, -0.2) is 4.68 Å². The Morgan fingerprint density at radius 3 is 2.64 bits per heavy atom. The maximum atomic E-state index is 12.7. The lowest BCUT2D eigenvalue weighted by atomic mass is 9.86. The summed E-state index contributed by atoms with van der Waals surface area (Å²) in [5.41, 5.74) is 0.0270. The maximum absolute atomic E-state index is 12.7. The zero-order valence-corrected chi connectivity index (χ0v) is 16.4.